The van der Waals surface area contributed by atoms with Crippen LogP contribution in [-0.4, -0.2) is 17.0 Å². The molecule has 0 aliphatic carbocycles. The molecule has 0 rings (SSSR count). The maximum atomic E-state index is 7.41. The molecule has 0 spiro atoms. The van der Waals surface area contributed by atoms with Crippen LogP contribution in [0.1, 0.15) is 54.4 Å². The van der Waals surface area contributed by atoms with Gasteiger partial charge in [-0.3, -0.25) is 0 Å². The summed E-state index contributed by atoms with van der Waals surface area (Å²) in [7, 11) is 0. The van der Waals surface area contributed by atoms with Crippen molar-refractivity contribution in [1.82, 2.24) is 0 Å². The molecule has 0 saturated heterocycles. The number of rotatable bonds is 6. The fourth-order valence-corrected chi connectivity index (χ4v) is 1.18. The van der Waals surface area contributed by atoms with Crippen molar-refractivity contribution >= 4 is 11.4 Å². The second-order valence-electron chi connectivity index (χ2n) is 4.37. The Kier molecular flexibility index (Phi) is 5.55. The van der Waals surface area contributed by atoms with E-state index in [1.54, 1.807) is 13.8 Å². The van der Waals surface area contributed by atoms with Crippen molar-refractivity contribution in [2.45, 2.75) is 60.0 Å². The van der Waals surface area contributed by atoms with Crippen LogP contribution in [0.2, 0.25) is 0 Å². The highest BCUT2D eigenvalue weighted by Crippen LogP contribution is 2.28. The average Bonchev–Trinajstić information content (AvgIpc) is 2.23. The predicted octanol–water partition coefficient (Wildman–Crippen LogP) is 3.63. The van der Waals surface area contributed by atoms with Crippen LogP contribution in [0.15, 0.2) is 5.16 Å². The first-order valence-electron chi connectivity index (χ1n) is 5.65. The van der Waals surface area contributed by atoms with Gasteiger partial charge in [-0.15, -0.1) is 0 Å². The zero-order chi connectivity index (χ0) is 12.1. The van der Waals surface area contributed by atoms with E-state index >= 15 is 0 Å². The van der Waals surface area contributed by atoms with Crippen LogP contribution < -0.4 is 0 Å². The highest BCUT2D eigenvalue weighted by atomic mass is 16.6. The maximum Gasteiger partial charge on any atom is 0.137 e. The summed E-state index contributed by atoms with van der Waals surface area (Å²) >= 11 is 0. The molecule has 0 saturated carbocycles. The molecule has 3 nitrogen and oxygen atoms in total. The summed E-state index contributed by atoms with van der Waals surface area (Å²) in [6, 6.07) is 0. The number of nitrogens with one attached hydrogen (secondary N) is 1. The topological polar surface area (TPSA) is 45.4 Å². The zero-order valence-electron chi connectivity index (χ0n) is 10.8. The van der Waals surface area contributed by atoms with E-state index in [1.165, 1.54) is 0 Å². The van der Waals surface area contributed by atoms with Crippen molar-refractivity contribution in [1.29, 1.82) is 5.41 Å². The molecule has 3 heteroatoms. The lowest BCUT2D eigenvalue weighted by Gasteiger charge is -2.31. The van der Waals surface area contributed by atoms with E-state index in [1.807, 2.05) is 0 Å². The van der Waals surface area contributed by atoms with Crippen molar-refractivity contribution in [2.75, 3.05) is 0 Å². The van der Waals surface area contributed by atoms with Crippen molar-refractivity contribution < 1.29 is 4.84 Å². The van der Waals surface area contributed by atoms with E-state index in [0.717, 1.165) is 12.8 Å². The van der Waals surface area contributed by atoms with Gasteiger partial charge in [0.2, 0.25) is 0 Å². The Bertz CT molecular complexity index is 248. The molecule has 1 unspecified atom stereocenters. The Hall–Kier alpha value is -0.860. The van der Waals surface area contributed by atoms with Crippen LogP contribution in [0, 0.1) is 11.3 Å². The van der Waals surface area contributed by atoms with Crippen LogP contribution in [-0.2, 0) is 4.84 Å². The second kappa shape index (κ2) is 5.89. The van der Waals surface area contributed by atoms with Gasteiger partial charge < -0.3 is 10.2 Å². The molecule has 0 aromatic carbocycles. The summed E-state index contributed by atoms with van der Waals surface area (Å²) in [6.45, 7) is 12.0. The van der Waals surface area contributed by atoms with Crippen LogP contribution >= 0.6 is 0 Å². The Morgan fingerprint density at radius 1 is 1.40 bits per heavy atom. The van der Waals surface area contributed by atoms with Crippen molar-refractivity contribution in [2.24, 2.45) is 11.1 Å². The van der Waals surface area contributed by atoms with Gasteiger partial charge in [0, 0.05) is 0 Å². The van der Waals surface area contributed by atoms with Crippen LogP contribution in [0.25, 0.3) is 0 Å². The predicted molar refractivity (Wildman–Crippen MR) is 65.7 cm³/mol. The second-order valence-corrected chi connectivity index (χ2v) is 4.37. The van der Waals surface area contributed by atoms with E-state index in [0.29, 0.717) is 17.3 Å². The van der Waals surface area contributed by atoms with E-state index in [2.05, 4.69) is 32.9 Å². The zero-order valence-corrected chi connectivity index (χ0v) is 10.8. The molecule has 0 aliphatic rings. The van der Waals surface area contributed by atoms with Crippen molar-refractivity contribution in [3.8, 4) is 0 Å². The molecule has 2 atom stereocenters. The van der Waals surface area contributed by atoms with Gasteiger partial charge >= 0.3 is 0 Å². The highest BCUT2D eigenvalue weighted by molar-refractivity contribution is 6.39. The molecule has 0 aromatic rings. The largest absolute Gasteiger partial charge is 0.389 e. The molecule has 0 amide bonds. The molecule has 0 bridgehead atoms. The lowest BCUT2D eigenvalue weighted by Crippen LogP contribution is -2.34. The highest BCUT2D eigenvalue weighted by Gasteiger charge is 2.30. The first kappa shape index (κ1) is 14.1. The summed E-state index contributed by atoms with van der Waals surface area (Å²) in [5, 5.41) is 11.4. The SMILES string of the molecule is CC[C@H](C)C(C)(CC)O/N=C(\C)C(C)=N. The summed E-state index contributed by atoms with van der Waals surface area (Å²) in [6.07, 6.45) is 2.00. The molecule has 15 heavy (non-hydrogen) atoms. The first-order chi connectivity index (χ1) is 6.87. The van der Waals surface area contributed by atoms with Crippen LogP contribution in [0.5, 0.6) is 0 Å². The number of nitrogens with zero attached hydrogens (tertiary/aromatic N) is 1. The summed E-state index contributed by atoms with van der Waals surface area (Å²) in [5.74, 6) is 0.463. The minimum Gasteiger partial charge on any atom is -0.389 e. The minimum atomic E-state index is -0.217. The molecule has 88 valence electrons. The standard InChI is InChI=1S/C12H24N2O/c1-7-9(3)12(6,8-2)15-14-11(5)10(4)13/h9,13H,7-8H2,1-6H3/b13-10?,14-11+/t9-,12?/m0/s1. The summed E-state index contributed by atoms with van der Waals surface area (Å²) < 4.78 is 0. The Morgan fingerprint density at radius 2 is 1.93 bits per heavy atom. The fraction of sp³-hybridized carbons (Fsp3) is 0.833. The fourth-order valence-electron chi connectivity index (χ4n) is 1.18. The molecular weight excluding hydrogens is 188 g/mol. The molecule has 0 heterocycles. The normalized spacial score (nSPS) is 18.1. The lowest BCUT2D eigenvalue weighted by atomic mass is 9.86. The van der Waals surface area contributed by atoms with Crippen molar-refractivity contribution in [3.05, 3.63) is 0 Å². The van der Waals surface area contributed by atoms with E-state index in [4.69, 9.17) is 10.2 Å². The molecule has 0 aliphatic heterocycles. The van der Waals surface area contributed by atoms with Gasteiger partial charge in [-0.2, -0.15) is 0 Å². The monoisotopic (exact) mass is 212 g/mol. The van der Waals surface area contributed by atoms with Crippen LogP contribution in [0.3, 0.4) is 0 Å². The summed E-state index contributed by atoms with van der Waals surface area (Å²) in [5.41, 5.74) is 0.890. The van der Waals surface area contributed by atoms with Gasteiger partial charge in [0.1, 0.15) is 5.60 Å². The van der Waals surface area contributed by atoms with Gasteiger partial charge in [0.15, 0.2) is 0 Å². The third kappa shape index (κ3) is 4.02. The molecule has 1 N–H and O–H groups in total. The smallest absolute Gasteiger partial charge is 0.137 e. The summed E-state index contributed by atoms with van der Waals surface area (Å²) in [4.78, 5) is 5.60. The lowest BCUT2D eigenvalue weighted by molar-refractivity contribution is -0.0709. The Morgan fingerprint density at radius 3 is 2.27 bits per heavy atom. The van der Waals surface area contributed by atoms with Gasteiger partial charge in [0.05, 0.1) is 11.4 Å². The van der Waals surface area contributed by atoms with E-state index in [-0.39, 0.29) is 5.60 Å². The Balaban J connectivity index is 4.58. The third-order valence-electron chi connectivity index (χ3n) is 3.29. The third-order valence-corrected chi connectivity index (χ3v) is 3.29. The van der Waals surface area contributed by atoms with E-state index in [9.17, 15) is 0 Å². The van der Waals surface area contributed by atoms with Gasteiger partial charge in [0.25, 0.3) is 0 Å². The molecule has 0 aromatic heterocycles. The van der Waals surface area contributed by atoms with Crippen LogP contribution in [0.4, 0.5) is 0 Å². The van der Waals surface area contributed by atoms with Gasteiger partial charge in [-0.05, 0) is 39.5 Å². The van der Waals surface area contributed by atoms with Gasteiger partial charge in [-0.1, -0.05) is 25.9 Å². The first-order valence-corrected chi connectivity index (χ1v) is 5.65. The number of hydrogen-bond acceptors (Lipinski definition) is 3. The Labute approximate surface area is 93.4 Å². The maximum absolute atomic E-state index is 7.41. The number of oxime groups is 1. The molecule has 0 radical (unpaired) electrons. The van der Waals surface area contributed by atoms with E-state index < -0.39 is 0 Å². The minimum absolute atomic E-state index is 0.217. The molecular formula is C12H24N2O. The quantitative estimate of drug-likeness (QED) is 0.530. The molecule has 0 fully saturated rings. The van der Waals surface area contributed by atoms with Gasteiger partial charge in [-0.25, -0.2) is 0 Å². The number of hydrogen-bond donors (Lipinski definition) is 1. The average molecular weight is 212 g/mol. The van der Waals surface area contributed by atoms with Crippen molar-refractivity contribution in [3.63, 3.8) is 0 Å².